The van der Waals surface area contributed by atoms with Gasteiger partial charge in [0.05, 0.1) is 18.4 Å². The molecular formula is C13H20N6. The van der Waals surface area contributed by atoms with Crippen molar-refractivity contribution >= 4 is 11.6 Å². The van der Waals surface area contributed by atoms with Gasteiger partial charge in [-0.05, 0) is 18.4 Å². The Hall–Kier alpha value is -2.11. The molecule has 0 atom stereocenters. The Morgan fingerprint density at radius 3 is 3.05 bits per heavy atom. The minimum absolute atomic E-state index is 0.470. The molecule has 0 spiro atoms. The number of guanidine groups is 1. The van der Waals surface area contributed by atoms with Crippen LogP contribution in [0.15, 0.2) is 29.5 Å². The lowest BCUT2D eigenvalue weighted by molar-refractivity contribution is 0.576. The molecule has 0 fully saturated rings. The predicted octanol–water partition coefficient (Wildman–Crippen LogP) is 1.18. The van der Waals surface area contributed by atoms with Crippen LogP contribution >= 0.6 is 0 Å². The number of fused-ring (bicyclic) bond motifs is 1. The van der Waals surface area contributed by atoms with Gasteiger partial charge in [-0.2, -0.15) is 5.10 Å². The number of hydrogen-bond donors (Lipinski definition) is 2. The van der Waals surface area contributed by atoms with Crippen LogP contribution in [0.1, 0.15) is 26.0 Å². The number of hydrogen-bond acceptors (Lipinski definition) is 3. The number of nitrogens with zero attached hydrogens (tertiary/aromatic N) is 4. The molecule has 6 heteroatoms. The SMILES string of the molecule is CC(C)CCNC(N)=NCc1ccnc2ccnn12. The van der Waals surface area contributed by atoms with Gasteiger partial charge in [-0.1, -0.05) is 13.8 Å². The van der Waals surface area contributed by atoms with Gasteiger partial charge in [-0.15, -0.1) is 0 Å². The van der Waals surface area contributed by atoms with E-state index in [2.05, 4.69) is 34.2 Å². The monoisotopic (exact) mass is 260 g/mol. The molecule has 3 N–H and O–H groups in total. The molecule has 2 aromatic heterocycles. The van der Waals surface area contributed by atoms with Crippen molar-refractivity contribution in [2.45, 2.75) is 26.8 Å². The molecule has 0 aliphatic heterocycles. The van der Waals surface area contributed by atoms with Gasteiger partial charge in [0, 0.05) is 18.8 Å². The smallest absolute Gasteiger partial charge is 0.188 e. The second-order valence-electron chi connectivity index (χ2n) is 4.85. The average molecular weight is 260 g/mol. The first kappa shape index (κ1) is 13.3. The molecule has 6 nitrogen and oxygen atoms in total. The van der Waals surface area contributed by atoms with Crippen molar-refractivity contribution in [2.75, 3.05) is 6.54 Å². The second-order valence-corrected chi connectivity index (χ2v) is 4.85. The van der Waals surface area contributed by atoms with Crippen LogP contribution in [0.5, 0.6) is 0 Å². The Morgan fingerprint density at radius 1 is 1.42 bits per heavy atom. The summed E-state index contributed by atoms with van der Waals surface area (Å²) in [5.74, 6) is 1.13. The lowest BCUT2D eigenvalue weighted by Crippen LogP contribution is -2.33. The minimum atomic E-state index is 0.470. The van der Waals surface area contributed by atoms with Crippen molar-refractivity contribution < 1.29 is 0 Å². The van der Waals surface area contributed by atoms with Crippen LogP contribution in [0.25, 0.3) is 5.65 Å². The number of rotatable bonds is 5. The van der Waals surface area contributed by atoms with Gasteiger partial charge in [0.1, 0.15) is 0 Å². The van der Waals surface area contributed by atoms with Crippen LogP contribution in [-0.4, -0.2) is 27.1 Å². The van der Waals surface area contributed by atoms with E-state index in [4.69, 9.17) is 5.73 Å². The van der Waals surface area contributed by atoms with Crippen LogP contribution in [0, 0.1) is 5.92 Å². The van der Waals surface area contributed by atoms with E-state index >= 15 is 0 Å². The number of nitrogens with two attached hydrogens (primary N) is 1. The highest BCUT2D eigenvalue weighted by Gasteiger charge is 2.01. The van der Waals surface area contributed by atoms with Crippen molar-refractivity contribution in [1.29, 1.82) is 0 Å². The van der Waals surface area contributed by atoms with Crippen LogP contribution < -0.4 is 11.1 Å². The lowest BCUT2D eigenvalue weighted by atomic mass is 10.1. The zero-order valence-corrected chi connectivity index (χ0v) is 11.4. The normalized spacial score (nSPS) is 12.3. The molecule has 0 aliphatic carbocycles. The van der Waals surface area contributed by atoms with Gasteiger partial charge in [0.25, 0.3) is 0 Å². The highest BCUT2D eigenvalue weighted by atomic mass is 15.3. The van der Waals surface area contributed by atoms with E-state index in [0.717, 1.165) is 24.3 Å². The fourth-order valence-corrected chi connectivity index (χ4v) is 1.72. The summed E-state index contributed by atoms with van der Waals surface area (Å²) in [5.41, 5.74) is 7.60. The standard InChI is InChI=1S/C13H20N6/c1-10(2)3-6-16-13(14)17-9-11-4-7-15-12-5-8-18-19(11)12/h4-5,7-8,10H,3,6,9H2,1-2H3,(H3,14,16,17). The first-order chi connectivity index (χ1) is 9.16. The fraction of sp³-hybridized carbons (Fsp3) is 0.462. The van der Waals surface area contributed by atoms with E-state index in [1.54, 1.807) is 16.9 Å². The summed E-state index contributed by atoms with van der Waals surface area (Å²) in [4.78, 5) is 8.52. The Balaban J connectivity index is 1.95. The number of aliphatic imine (C=N–C) groups is 1. The number of aromatic nitrogens is 3. The van der Waals surface area contributed by atoms with Gasteiger partial charge in [0.15, 0.2) is 11.6 Å². The van der Waals surface area contributed by atoms with Gasteiger partial charge in [-0.3, -0.25) is 0 Å². The zero-order valence-electron chi connectivity index (χ0n) is 11.4. The van der Waals surface area contributed by atoms with E-state index in [1.165, 1.54) is 0 Å². The summed E-state index contributed by atoms with van der Waals surface area (Å²) in [6.07, 6.45) is 4.55. The van der Waals surface area contributed by atoms with Gasteiger partial charge in [0.2, 0.25) is 0 Å². The Bertz CT molecular complexity index is 557. The predicted molar refractivity (Wildman–Crippen MR) is 75.8 cm³/mol. The largest absolute Gasteiger partial charge is 0.370 e. The molecule has 0 saturated heterocycles. The third-order valence-electron chi connectivity index (χ3n) is 2.81. The maximum absolute atomic E-state index is 5.82. The van der Waals surface area contributed by atoms with Crippen molar-refractivity contribution in [3.05, 3.63) is 30.2 Å². The molecule has 0 aliphatic rings. The Labute approximate surface area is 112 Å². The molecule has 0 unspecified atom stereocenters. The maximum Gasteiger partial charge on any atom is 0.188 e. The highest BCUT2D eigenvalue weighted by Crippen LogP contribution is 2.04. The van der Waals surface area contributed by atoms with E-state index in [9.17, 15) is 0 Å². The van der Waals surface area contributed by atoms with Crippen LogP contribution in [0.4, 0.5) is 0 Å². The summed E-state index contributed by atoms with van der Waals surface area (Å²) in [6, 6.07) is 3.75. The van der Waals surface area contributed by atoms with Gasteiger partial charge < -0.3 is 11.1 Å². The molecule has 0 bridgehead atoms. The summed E-state index contributed by atoms with van der Waals surface area (Å²) >= 11 is 0. The first-order valence-electron chi connectivity index (χ1n) is 6.48. The molecule has 0 saturated carbocycles. The molecule has 2 rings (SSSR count). The van der Waals surface area contributed by atoms with Crippen molar-refractivity contribution in [1.82, 2.24) is 19.9 Å². The van der Waals surface area contributed by atoms with E-state index < -0.39 is 0 Å². The topological polar surface area (TPSA) is 80.6 Å². The van der Waals surface area contributed by atoms with Crippen LogP contribution in [0.2, 0.25) is 0 Å². The van der Waals surface area contributed by atoms with Crippen LogP contribution in [-0.2, 0) is 6.54 Å². The van der Waals surface area contributed by atoms with Crippen molar-refractivity contribution in [3.8, 4) is 0 Å². The second kappa shape index (κ2) is 6.17. The molecule has 19 heavy (non-hydrogen) atoms. The van der Waals surface area contributed by atoms with E-state index in [-0.39, 0.29) is 0 Å². The molecule has 0 amide bonds. The molecule has 0 radical (unpaired) electrons. The lowest BCUT2D eigenvalue weighted by Gasteiger charge is -2.07. The molecular weight excluding hydrogens is 240 g/mol. The molecule has 102 valence electrons. The Morgan fingerprint density at radius 2 is 2.26 bits per heavy atom. The van der Waals surface area contributed by atoms with Gasteiger partial charge in [-0.25, -0.2) is 14.5 Å². The first-order valence-corrected chi connectivity index (χ1v) is 6.48. The molecule has 2 aromatic rings. The van der Waals surface area contributed by atoms with E-state index in [0.29, 0.717) is 18.4 Å². The Kier molecular flexibility index (Phi) is 4.33. The third kappa shape index (κ3) is 3.67. The zero-order chi connectivity index (χ0) is 13.7. The van der Waals surface area contributed by atoms with Crippen LogP contribution in [0.3, 0.4) is 0 Å². The van der Waals surface area contributed by atoms with Crippen molar-refractivity contribution in [2.24, 2.45) is 16.6 Å². The quantitative estimate of drug-likeness (QED) is 0.625. The average Bonchev–Trinajstić information content (AvgIpc) is 2.84. The summed E-state index contributed by atoms with van der Waals surface area (Å²) in [5, 5.41) is 7.31. The van der Waals surface area contributed by atoms with Gasteiger partial charge >= 0.3 is 0 Å². The van der Waals surface area contributed by atoms with E-state index in [1.807, 2.05) is 12.1 Å². The minimum Gasteiger partial charge on any atom is -0.370 e. The third-order valence-corrected chi connectivity index (χ3v) is 2.81. The summed E-state index contributed by atoms with van der Waals surface area (Å²) in [7, 11) is 0. The fourth-order valence-electron chi connectivity index (χ4n) is 1.72. The highest BCUT2D eigenvalue weighted by molar-refractivity contribution is 5.77. The summed E-state index contributed by atoms with van der Waals surface area (Å²) in [6.45, 7) is 5.70. The number of nitrogens with one attached hydrogen (secondary N) is 1. The molecule has 0 aromatic carbocycles. The van der Waals surface area contributed by atoms with Crippen molar-refractivity contribution in [3.63, 3.8) is 0 Å². The molecule has 2 heterocycles. The maximum atomic E-state index is 5.82. The summed E-state index contributed by atoms with van der Waals surface area (Å²) < 4.78 is 1.77.